The first kappa shape index (κ1) is 12.0. The largest absolute Gasteiger partial charge is 0.384 e. The standard InChI is InChI=1S/C13H15N3S2/c1-9-15-13(18-16-9)17-11-7-6-10-4-2-3-5-12(10)14-8-11/h2-5,11,14H,6-8H2,1H3. The van der Waals surface area contributed by atoms with Crippen LogP contribution in [-0.4, -0.2) is 21.2 Å². The van der Waals surface area contributed by atoms with Crippen molar-refractivity contribution < 1.29 is 0 Å². The number of hydrogen-bond donors (Lipinski definition) is 1. The number of hydrogen-bond acceptors (Lipinski definition) is 5. The predicted molar refractivity (Wildman–Crippen MR) is 77.5 cm³/mol. The van der Waals surface area contributed by atoms with E-state index in [9.17, 15) is 0 Å². The van der Waals surface area contributed by atoms with Crippen LogP contribution >= 0.6 is 23.3 Å². The number of nitrogens with zero attached hydrogens (tertiary/aromatic N) is 2. The minimum atomic E-state index is 0.574. The van der Waals surface area contributed by atoms with Gasteiger partial charge in [0.2, 0.25) is 0 Å². The summed E-state index contributed by atoms with van der Waals surface area (Å²) in [5, 5.41) is 4.11. The smallest absolute Gasteiger partial charge is 0.170 e. The highest BCUT2D eigenvalue weighted by Crippen LogP contribution is 2.31. The average Bonchev–Trinajstić information content (AvgIpc) is 2.68. The Bertz CT molecular complexity index is 512. The van der Waals surface area contributed by atoms with Crippen LogP contribution in [0.4, 0.5) is 5.69 Å². The Balaban J connectivity index is 1.68. The van der Waals surface area contributed by atoms with E-state index in [-0.39, 0.29) is 0 Å². The number of benzene rings is 1. The van der Waals surface area contributed by atoms with Crippen LogP contribution in [0.2, 0.25) is 0 Å². The molecule has 1 aliphatic heterocycles. The van der Waals surface area contributed by atoms with Gasteiger partial charge in [-0.3, -0.25) is 0 Å². The van der Waals surface area contributed by atoms with Gasteiger partial charge in [0.1, 0.15) is 5.82 Å². The summed E-state index contributed by atoms with van der Waals surface area (Å²) in [5.74, 6) is 0.882. The summed E-state index contributed by atoms with van der Waals surface area (Å²) in [6, 6.07) is 8.58. The summed E-state index contributed by atoms with van der Waals surface area (Å²) >= 11 is 3.36. The highest BCUT2D eigenvalue weighted by molar-refractivity contribution is 8.01. The number of aryl methyl sites for hydroxylation is 2. The van der Waals surface area contributed by atoms with E-state index in [2.05, 4.69) is 38.9 Å². The zero-order valence-corrected chi connectivity index (χ0v) is 11.9. The van der Waals surface area contributed by atoms with Gasteiger partial charge in [-0.2, -0.15) is 4.37 Å². The van der Waals surface area contributed by atoms with Crippen molar-refractivity contribution >= 4 is 29.0 Å². The Morgan fingerprint density at radius 1 is 1.39 bits per heavy atom. The van der Waals surface area contributed by atoms with Gasteiger partial charge in [-0.15, -0.1) is 0 Å². The molecule has 0 amide bonds. The first-order valence-electron chi connectivity index (χ1n) is 6.10. The lowest BCUT2D eigenvalue weighted by atomic mass is 10.1. The number of rotatable bonds is 2. The maximum absolute atomic E-state index is 4.43. The minimum absolute atomic E-state index is 0.574. The van der Waals surface area contributed by atoms with Crippen molar-refractivity contribution in [2.24, 2.45) is 0 Å². The Labute approximate surface area is 115 Å². The van der Waals surface area contributed by atoms with Crippen LogP contribution in [0.1, 0.15) is 17.8 Å². The van der Waals surface area contributed by atoms with Crippen LogP contribution in [-0.2, 0) is 6.42 Å². The topological polar surface area (TPSA) is 37.8 Å². The SMILES string of the molecule is Cc1nsc(SC2CCc3ccccc3NC2)n1. The quantitative estimate of drug-likeness (QED) is 0.913. The molecule has 18 heavy (non-hydrogen) atoms. The lowest BCUT2D eigenvalue weighted by Gasteiger charge is -2.11. The molecule has 3 rings (SSSR count). The molecule has 0 aliphatic carbocycles. The molecule has 1 N–H and O–H groups in total. The van der Waals surface area contributed by atoms with Crippen molar-refractivity contribution in [3.63, 3.8) is 0 Å². The zero-order valence-electron chi connectivity index (χ0n) is 10.2. The number of para-hydroxylation sites is 1. The van der Waals surface area contributed by atoms with E-state index in [1.165, 1.54) is 29.2 Å². The van der Waals surface area contributed by atoms with Gasteiger partial charge in [-0.05, 0) is 42.9 Å². The fraction of sp³-hybridized carbons (Fsp3) is 0.385. The second-order valence-corrected chi connectivity index (χ2v) is 6.72. The number of nitrogens with one attached hydrogen (secondary N) is 1. The maximum Gasteiger partial charge on any atom is 0.170 e. The second kappa shape index (κ2) is 5.28. The molecule has 1 atom stereocenters. The molecular formula is C13H15N3S2. The molecule has 2 aromatic rings. The van der Waals surface area contributed by atoms with Gasteiger partial charge in [0.05, 0.1) is 0 Å². The third-order valence-electron chi connectivity index (χ3n) is 3.05. The zero-order chi connectivity index (χ0) is 12.4. The van der Waals surface area contributed by atoms with Crippen molar-refractivity contribution in [3.05, 3.63) is 35.7 Å². The van der Waals surface area contributed by atoms with Gasteiger partial charge in [-0.25, -0.2) is 4.98 Å². The summed E-state index contributed by atoms with van der Waals surface area (Å²) in [7, 11) is 0. The lowest BCUT2D eigenvalue weighted by Crippen LogP contribution is -2.14. The molecule has 0 saturated heterocycles. The fourth-order valence-electron chi connectivity index (χ4n) is 2.12. The summed E-state index contributed by atoms with van der Waals surface area (Å²) < 4.78 is 5.32. The van der Waals surface area contributed by atoms with Crippen molar-refractivity contribution in [1.29, 1.82) is 0 Å². The van der Waals surface area contributed by atoms with Crippen LogP contribution in [0.5, 0.6) is 0 Å². The Morgan fingerprint density at radius 2 is 2.28 bits per heavy atom. The molecule has 0 saturated carbocycles. The molecule has 5 heteroatoms. The monoisotopic (exact) mass is 277 g/mol. The fourth-order valence-corrected chi connectivity index (χ4v) is 4.11. The molecule has 1 unspecified atom stereocenters. The van der Waals surface area contributed by atoms with Crippen molar-refractivity contribution in [3.8, 4) is 0 Å². The minimum Gasteiger partial charge on any atom is -0.384 e. The Morgan fingerprint density at radius 3 is 3.11 bits per heavy atom. The van der Waals surface area contributed by atoms with E-state index in [1.54, 1.807) is 0 Å². The molecule has 0 radical (unpaired) electrons. The molecule has 1 aromatic carbocycles. The molecule has 94 valence electrons. The number of thioether (sulfide) groups is 1. The van der Waals surface area contributed by atoms with Gasteiger partial charge >= 0.3 is 0 Å². The molecule has 1 aromatic heterocycles. The maximum atomic E-state index is 4.43. The molecule has 0 spiro atoms. The van der Waals surface area contributed by atoms with Crippen molar-refractivity contribution in [2.45, 2.75) is 29.4 Å². The first-order chi connectivity index (χ1) is 8.81. The van der Waals surface area contributed by atoms with Gasteiger partial charge < -0.3 is 5.32 Å². The number of anilines is 1. The Hall–Kier alpha value is -1.07. The summed E-state index contributed by atoms with van der Waals surface area (Å²) in [6.45, 7) is 2.95. The normalized spacial score (nSPS) is 18.8. The third kappa shape index (κ3) is 2.67. The lowest BCUT2D eigenvalue weighted by molar-refractivity contribution is 0.802. The van der Waals surface area contributed by atoms with Gasteiger partial charge in [0.25, 0.3) is 0 Å². The van der Waals surface area contributed by atoms with E-state index in [0.29, 0.717) is 5.25 Å². The summed E-state index contributed by atoms with van der Waals surface area (Å²) in [5.41, 5.74) is 2.71. The third-order valence-corrected chi connectivity index (χ3v) is 5.19. The van der Waals surface area contributed by atoms with Crippen LogP contribution in [0.3, 0.4) is 0 Å². The van der Waals surface area contributed by atoms with Gasteiger partial charge in [0, 0.05) is 17.5 Å². The molecule has 3 nitrogen and oxygen atoms in total. The molecule has 0 fully saturated rings. The molecular weight excluding hydrogens is 262 g/mol. The second-order valence-electron chi connectivity index (χ2n) is 4.42. The molecule has 2 heterocycles. The number of fused-ring (bicyclic) bond motifs is 1. The van der Waals surface area contributed by atoms with Crippen LogP contribution < -0.4 is 5.32 Å². The van der Waals surface area contributed by atoms with E-state index in [4.69, 9.17) is 0 Å². The summed E-state index contributed by atoms with van der Waals surface area (Å²) in [6.07, 6.45) is 2.33. The highest BCUT2D eigenvalue weighted by atomic mass is 32.2. The van der Waals surface area contributed by atoms with E-state index in [0.717, 1.165) is 23.1 Å². The first-order valence-corrected chi connectivity index (χ1v) is 7.75. The molecule has 0 bridgehead atoms. The highest BCUT2D eigenvalue weighted by Gasteiger charge is 2.17. The van der Waals surface area contributed by atoms with E-state index < -0.39 is 0 Å². The van der Waals surface area contributed by atoms with Crippen LogP contribution in [0.15, 0.2) is 28.6 Å². The van der Waals surface area contributed by atoms with Crippen molar-refractivity contribution in [2.75, 3.05) is 11.9 Å². The average molecular weight is 277 g/mol. The van der Waals surface area contributed by atoms with Crippen LogP contribution in [0, 0.1) is 6.92 Å². The summed E-state index contributed by atoms with van der Waals surface area (Å²) in [4.78, 5) is 4.43. The predicted octanol–water partition coefficient (Wildman–Crippen LogP) is 3.37. The van der Waals surface area contributed by atoms with Gasteiger partial charge in [0.15, 0.2) is 4.34 Å². The van der Waals surface area contributed by atoms with E-state index in [1.807, 2.05) is 18.7 Å². The Kier molecular flexibility index (Phi) is 3.52. The van der Waals surface area contributed by atoms with E-state index >= 15 is 0 Å². The molecule has 1 aliphatic rings. The van der Waals surface area contributed by atoms with Gasteiger partial charge in [-0.1, -0.05) is 30.0 Å². The van der Waals surface area contributed by atoms with Crippen molar-refractivity contribution in [1.82, 2.24) is 9.36 Å². The number of aromatic nitrogens is 2. The van der Waals surface area contributed by atoms with Crippen LogP contribution in [0.25, 0.3) is 0 Å².